The van der Waals surface area contributed by atoms with Gasteiger partial charge in [0, 0.05) is 48.9 Å². The maximum absolute atomic E-state index is 5.71. The van der Waals surface area contributed by atoms with E-state index in [0.29, 0.717) is 12.6 Å². The van der Waals surface area contributed by atoms with Crippen molar-refractivity contribution in [3.8, 4) is 0 Å². The van der Waals surface area contributed by atoms with Crippen molar-refractivity contribution in [3.63, 3.8) is 0 Å². The van der Waals surface area contributed by atoms with Crippen LogP contribution in [0.15, 0.2) is 22.7 Å². The summed E-state index contributed by atoms with van der Waals surface area (Å²) in [7, 11) is 0. The zero-order valence-corrected chi connectivity index (χ0v) is 13.3. The van der Waals surface area contributed by atoms with Crippen LogP contribution in [0.2, 0.25) is 0 Å². The Hall–Kier alpha value is -0.620. The van der Waals surface area contributed by atoms with Gasteiger partial charge in [-0.15, -0.1) is 0 Å². The predicted molar refractivity (Wildman–Crippen MR) is 85.0 cm³/mol. The highest BCUT2D eigenvalue weighted by Gasteiger charge is 2.28. The average molecular weight is 340 g/mol. The molecule has 2 heterocycles. The minimum absolute atomic E-state index is 0.581. The van der Waals surface area contributed by atoms with E-state index in [1.165, 1.54) is 12.1 Å². The highest BCUT2D eigenvalue weighted by atomic mass is 79.9. The lowest BCUT2D eigenvalue weighted by atomic mass is 10.2. The minimum atomic E-state index is 0.581. The van der Waals surface area contributed by atoms with Crippen LogP contribution in [0.25, 0.3) is 0 Å². The standard InChI is InChI=1S/C15H22BrN3O/c16-15-9-13(2-1-12(15)10-17)19-4-3-14(11-19)18-5-7-20-8-6-18/h1-2,9,14H,3-8,10-11,17H2. The second kappa shape index (κ2) is 6.43. The molecular weight excluding hydrogens is 318 g/mol. The molecule has 1 unspecified atom stereocenters. The molecule has 0 amide bonds. The number of rotatable bonds is 3. The van der Waals surface area contributed by atoms with Crippen molar-refractivity contribution in [2.24, 2.45) is 5.73 Å². The first-order valence-electron chi connectivity index (χ1n) is 7.33. The fraction of sp³-hybridized carbons (Fsp3) is 0.600. The second-order valence-electron chi connectivity index (χ2n) is 5.52. The van der Waals surface area contributed by atoms with Gasteiger partial charge in [-0.05, 0) is 24.1 Å². The van der Waals surface area contributed by atoms with E-state index < -0.39 is 0 Å². The number of hydrogen-bond donors (Lipinski definition) is 1. The van der Waals surface area contributed by atoms with Crippen molar-refractivity contribution in [1.29, 1.82) is 0 Å². The molecule has 1 atom stereocenters. The Morgan fingerprint density at radius 2 is 2.05 bits per heavy atom. The van der Waals surface area contributed by atoms with Crippen molar-refractivity contribution < 1.29 is 4.74 Å². The number of nitrogens with zero attached hydrogens (tertiary/aromatic N) is 2. The Balaban J connectivity index is 1.65. The van der Waals surface area contributed by atoms with Crippen LogP contribution in [0, 0.1) is 0 Å². The first-order chi connectivity index (χ1) is 9.78. The van der Waals surface area contributed by atoms with Gasteiger partial charge in [-0.3, -0.25) is 4.90 Å². The molecule has 0 bridgehead atoms. The third-order valence-electron chi connectivity index (χ3n) is 4.35. The molecule has 2 fully saturated rings. The zero-order valence-electron chi connectivity index (χ0n) is 11.7. The number of morpholine rings is 1. The molecule has 20 heavy (non-hydrogen) atoms. The van der Waals surface area contributed by atoms with Crippen molar-refractivity contribution in [3.05, 3.63) is 28.2 Å². The Labute approximate surface area is 129 Å². The van der Waals surface area contributed by atoms with Gasteiger partial charge in [0.2, 0.25) is 0 Å². The molecule has 4 nitrogen and oxygen atoms in total. The Kier molecular flexibility index (Phi) is 4.61. The van der Waals surface area contributed by atoms with Gasteiger partial charge in [0.1, 0.15) is 0 Å². The fourth-order valence-electron chi connectivity index (χ4n) is 3.12. The SMILES string of the molecule is NCc1ccc(N2CCC(N3CCOCC3)C2)cc1Br. The molecule has 2 aliphatic rings. The maximum Gasteiger partial charge on any atom is 0.0594 e. The predicted octanol–water partition coefficient (Wildman–Crippen LogP) is 1.82. The van der Waals surface area contributed by atoms with E-state index in [0.717, 1.165) is 49.4 Å². The summed E-state index contributed by atoms with van der Waals surface area (Å²) in [4.78, 5) is 5.05. The van der Waals surface area contributed by atoms with Gasteiger partial charge in [0.15, 0.2) is 0 Å². The maximum atomic E-state index is 5.71. The highest BCUT2D eigenvalue weighted by Crippen LogP contribution is 2.28. The normalized spacial score (nSPS) is 24.3. The van der Waals surface area contributed by atoms with Crippen LogP contribution in [0.4, 0.5) is 5.69 Å². The molecule has 2 N–H and O–H groups in total. The molecule has 110 valence electrons. The van der Waals surface area contributed by atoms with E-state index in [1.54, 1.807) is 0 Å². The molecule has 1 aromatic carbocycles. The van der Waals surface area contributed by atoms with Crippen LogP contribution >= 0.6 is 15.9 Å². The molecule has 3 rings (SSSR count). The lowest BCUT2D eigenvalue weighted by molar-refractivity contribution is 0.0209. The third kappa shape index (κ3) is 3.01. The van der Waals surface area contributed by atoms with Crippen LogP contribution in [0.3, 0.4) is 0 Å². The number of benzene rings is 1. The fourth-order valence-corrected chi connectivity index (χ4v) is 3.64. The molecule has 2 aliphatic heterocycles. The molecule has 0 radical (unpaired) electrons. The first kappa shape index (κ1) is 14.3. The summed E-state index contributed by atoms with van der Waals surface area (Å²) in [6.07, 6.45) is 1.25. The van der Waals surface area contributed by atoms with Crippen molar-refractivity contribution in [2.75, 3.05) is 44.3 Å². The summed E-state index contributed by atoms with van der Waals surface area (Å²) in [6.45, 7) is 6.76. The Morgan fingerprint density at radius 1 is 1.25 bits per heavy atom. The summed E-state index contributed by atoms with van der Waals surface area (Å²) in [6, 6.07) is 7.19. The minimum Gasteiger partial charge on any atom is -0.379 e. The van der Waals surface area contributed by atoms with Crippen LogP contribution in [-0.4, -0.2) is 50.3 Å². The molecule has 0 aliphatic carbocycles. The van der Waals surface area contributed by atoms with E-state index >= 15 is 0 Å². The number of ether oxygens (including phenoxy) is 1. The van der Waals surface area contributed by atoms with Crippen molar-refractivity contribution in [1.82, 2.24) is 4.90 Å². The summed E-state index contributed by atoms with van der Waals surface area (Å²) in [5.74, 6) is 0. The van der Waals surface area contributed by atoms with E-state index in [1.807, 2.05) is 0 Å². The quantitative estimate of drug-likeness (QED) is 0.912. The third-order valence-corrected chi connectivity index (χ3v) is 5.09. The van der Waals surface area contributed by atoms with E-state index in [9.17, 15) is 0 Å². The number of anilines is 1. The highest BCUT2D eigenvalue weighted by molar-refractivity contribution is 9.10. The van der Waals surface area contributed by atoms with Crippen molar-refractivity contribution >= 4 is 21.6 Å². The van der Waals surface area contributed by atoms with Gasteiger partial charge in [-0.25, -0.2) is 0 Å². The van der Waals surface area contributed by atoms with E-state index in [-0.39, 0.29) is 0 Å². The molecule has 5 heteroatoms. The molecular formula is C15H22BrN3O. The van der Waals surface area contributed by atoms with Gasteiger partial charge in [-0.1, -0.05) is 22.0 Å². The lowest BCUT2D eigenvalue weighted by Crippen LogP contribution is -2.44. The summed E-state index contributed by atoms with van der Waals surface area (Å²) >= 11 is 3.61. The van der Waals surface area contributed by atoms with E-state index in [4.69, 9.17) is 10.5 Å². The molecule has 0 aromatic heterocycles. The van der Waals surface area contributed by atoms with Crippen LogP contribution in [0.1, 0.15) is 12.0 Å². The molecule has 1 aromatic rings. The first-order valence-corrected chi connectivity index (χ1v) is 8.12. The van der Waals surface area contributed by atoms with Crippen LogP contribution in [-0.2, 0) is 11.3 Å². The summed E-state index contributed by atoms with van der Waals surface area (Å²) in [5.41, 5.74) is 8.17. The number of hydrogen-bond acceptors (Lipinski definition) is 4. The van der Waals surface area contributed by atoms with Gasteiger partial charge in [-0.2, -0.15) is 0 Å². The number of nitrogens with two attached hydrogens (primary N) is 1. The average Bonchev–Trinajstić information content (AvgIpc) is 2.98. The smallest absolute Gasteiger partial charge is 0.0594 e. The molecule has 0 saturated carbocycles. The van der Waals surface area contributed by atoms with Gasteiger partial charge in [0.05, 0.1) is 13.2 Å². The van der Waals surface area contributed by atoms with E-state index in [2.05, 4.69) is 43.9 Å². The van der Waals surface area contributed by atoms with Gasteiger partial charge >= 0.3 is 0 Å². The Morgan fingerprint density at radius 3 is 2.75 bits per heavy atom. The zero-order chi connectivity index (χ0) is 13.9. The lowest BCUT2D eigenvalue weighted by Gasteiger charge is -2.32. The second-order valence-corrected chi connectivity index (χ2v) is 6.37. The molecule has 0 spiro atoms. The topological polar surface area (TPSA) is 41.7 Å². The molecule has 2 saturated heterocycles. The number of halogens is 1. The van der Waals surface area contributed by atoms with Crippen LogP contribution in [0.5, 0.6) is 0 Å². The van der Waals surface area contributed by atoms with Crippen LogP contribution < -0.4 is 10.6 Å². The summed E-state index contributed by atoms with van der Waals surface area (Å²) in [5, 5.41) is 0. The monoisotopic (exact) mass is 339 g/mol. The van der Waals surface area contributed by atoms with Gasteiger partial charge < -0.3 is 15.4 Å². The van der Waals surface area contributed by atoms with Crippen molar-refractivity contribution in [2.45, 2.75) is 19.0 Å². The largest absolute Gasteiger partial charge is 0.379 e. The summed E-state index contributed by atoms with van der Waals surface area (Å²) < 4.78 is 6.56. The van der Waals surface area contributed by atoms with Gasteiger partial charge in [0.25, 0.3) is 0 Å². The Bertz CT molecular complexity index is 462.